The summed E-state index contributed by atoms with van der Waals surface area (Å²) >= 11 is 0. The predicted molar refractivity (Wildman–Crippen MR) is 88.6 cm³/mol. The molecule has 0 aliphatic heterocycles. The molecule has 0 heterocycles. The molecule has 2 saturated carbocycles. The molecule has 118 valence electrons. The van der Waals surface area contributed by atoms with Gasteiger partial charge in [-0.3, -0.25) is 0 Å². The molecule has 0 radical (unpaired) electrons. The first-order valence-electron chi connectivity index (χ1n) is 8.96. The number of fused-ring (bicyclic) bond motifs is 1. The molecule has 0 aromatic rings. The summed E-state index contributed by atoms with van der Waals surface area (Å²) in [4.78, 5) is 0. The van der Waals surface area contributed by atoms with Gasteiger partial charge >= 0.3 is 0 Å². The van der Waals surface area contributed by atoms with E-state index in [2.05, 4.69) is 41.5 Å². The third-order valence-corrected chi connectivity index (χ3v) is 7.56. The Kier molecular flexibility index (Phi) is 4.33. The minimum Gasteiger partial charge on any atom is -0.328 e. The molecule has 4 unspecified atom stereocenters. The highest BCUT2D eigenvalue weighted by Crippen LogP contribution is 2.71. The molecule has 2 fully saturated rings. The van der Waals surface area contributed by atoms with Gasteiger partial charge in [0.1, 0.15) is 0 Å². The Labute approximate surface area is 127 Å². The molecular weight excluding hydrogens is 242 g/mol. The number of rotatable bonds is 3. The van der Waals surface area contributed by atoms with Gasteiger partial charge in [0.2, 0.25) is 0 Å². The number of hydrogen-bond acceptors (Lipinski definition) is 1. The Morgan fingerprint density at radius 2 is 1.80 bits per heavy atom. The maximum Gasteiger partial charge on any atom is 0.00447 e. The van der Waals surface area contributed by atoms with Gasteiger partial charge in [0.15, 0.2) is 0 Å². The van der Waals surface area contributed by atoms with E-state index in [0.717, 1.165) is 11.8 Å². The van der Waals surface area contributed by atoms with Crippen molar-refractivity contribution in [1.29, 1.82) is 0 Å². The monoisotopic (exact) mass is 279 g/mol. The molecule has 1 heteroatoms. The quantitative estimate of drug-likeness (QED) is 0.737. The molecule has 0 spiro atoms. The average molecular weight is 280 g/mol. The minimum atomic E-state index is 0.378. The summed E-state index contributed by atoms with van der Waals surface area (Å²) in [5.74, 6) is 1.67. The second kappa shape index (κ2) is 5.30. The second-order valence-electron chi connectivity index (χ2n) is 9.02. The second-order valence-corrected chi connectivity index (χ2v) is 9.02. The Balaban J connectivity index is 2.46. The molecule has 20 heavy (non-hydrogen) atoms. The number of nitrogens with two attached hydrogens (primary N) is 1. The van der Waals surface area contributed by atoms with E-state index in [-0.39, 0.29) is 0 Å². The van der Waals surface area contributed by atoms with Crippen molar-refractivity contribution in [3.05, 3.63) is 0 Å². The standard InChI is InChI=1S/C19H37N/c1-7-14(2)15(3)18-10-8-11-19(18,17(4,5)6)13-16(20)9-12-18/h14-16H,7-13,20H2,1-6H3/t14?,15?,16?,18-,19?/m0/s1. The van der Waals surface area contributed by atoms with Crippen molar-refractivity contribution in [3.63, 3.8) is 0 Å². The molecule has 2 rings (SSSR count). The summed E-state index contributed by atoms with van der Waals surface area (Å²) < 4.78 is 0. The smallest absolute Gasteiger partial charge is 0.00447 e. The molecular formula is C19H37N. The van der Waals surface area contributed by atoms with Crippen LogP contribution in [-0.2, 0) is 0 Å². The highest BCUT2D eigenvalue weighted by molar-refractivity contribution is 5.13. The lowest BCUT2D eigenvalue weighted by Gasteiger charge is -2.61. The van der Waals surface area contributed by atoms with Crippen LogP contribution in [0.2, 0.25) is 0 Å². The lowest BCUT2D eigenvalue weighted by Crippen LogP contribution is -2.57. The Morgan fingerprint density at radius 1 is 1.15 bits per heavy atom. The van der Waals surface area contributed by atoms with Gasteiger partial charge in [-0.1, -0.05) is 54.4 Å². The average Bonchev–Trinajstić information content (AvgIpc) is 2.77. The van der Waals surface area contributed by atoms with Gasteiger partial charge in [-0.05, 0) is 60.2 Å². The number of hydrogen-bond donors (Lipinski definition) is 1. The zero-order valence-corrected chi connectivity index (χ0v) is 14.8. The normalized spacial score (nSPS) is 41.2. The molecule has 0 saturated heterocycles. The fourth-order valence-electron chi connectivity index (χ4n) is 6.07. The van der Waals surface area contributed by atoms with Gasteiger partial charge in [0.05, 0.1) is 0 Å². The summed E-state index contributed by atoms with van der Waals surface area (Å²) in [6.07, 6.45) is 9.47. The van der Waals surface area contributed by atoms with Crippen LogP contribution in [0.5, 0.6) is 0 Å². The zero-order chi connectivity index (χ0) is 15.2. The van der Waals surface area contributed by atoms with Gasteiger partial charge in [0, 0.05) is 6.04 Å². The van der Waals surface area contributed by atoms with Gasteiger partial charge in [-0.2, -0.15) is 0 Å². The van der Waals surface area contributed by atoms with Crippen LogP contribution in [0.1, 0.15) is 86.5 Å². The SMILES string of the molecule is CCC(C)C(C)[C@@]12CCCC1(C(C)(C)C)CC(N)CC2. The van der Waals surface area contributed by atoms with E-state index in [4.69, 9.17) is 5.73 Å². The van der Waals surface area contributed by atoms with E-state index in [1.165, 1.54) is 44.9 Å². The van der Waals surface area contributed by atoms with Crippen molar-refractivity contribution in [3.8, 4) is 0 Å². The molecule has 2 N–H and O–H groups in total. The van der Waals surface area contributed by atoms with Crippen molar-refractivity contribution in [1.82, 2.24) is 0 Å². The molecule has 0 amide bonds. The largest absolute Gasteiger partial charge is 0.328 e. The van der Waals surface area contributed by atoms with Crippen LogP contribution in [0.3, 0.4) is 0 Å². The fourth-order valence-corrected chi connectivity index (χ4v) is 6.07. The van der Waals surface area contributed by atoms with Crippen LogP contribution >= 0.6 is 0 Å². The van der Waals surface area contributed by atoms with E-state index in [1.54, 1.807) is 0 Å². The van der Waals surface area contributed by atoms with Crippen LogP contribution in [0.25, 0.3) is 0 Å². The molecule has 0 bridgehead atoms. The summed E-state index contributed by atoms with van der Waals surface area (Å²) in [7, 11) is 0. The first-order chi connectivity index (χ1) is 9.20. The lowest BCUT2D eigenvalue weighted by molar-refractivity contribution is -0.121. The lowest BCUT2D eigenvalue weighted by atomic mass is 9.43. The fraction of sp³-hybridized carbons (Fsp3) is 1.00. The predicted octanol–water partition coefficient (Wildman–Crippen LogP) is 5.38. The van der Waals surface area contributed by atoms with Gasteiger partial charge < -0.3 is 5.73 Å². The van der Waals surface area contributed by atoms with E-state index in [9.17, 15) is 0 Å². The third-order valence-electron chi connectivity index (χ3n) is 7.56. The van der Waals surface area contributed by atoms with Crippen LogP contribution in [-0.4, -0.2) is 6.04 Å². The summed E-state index contributed by atoms with van der Waals surface area (Å²) in [6, 6.07) is 0.435. The first-order valence-corrected chi connectivity index (χ1v) is 8.96. The molecule has 1 nitrogen and oxygen atoms in total. The van der Waals surface area contributed by atoms with Gasteiger partial charge in [-0.15, -0.1) is 0 Å². The van der Waals surface area contributed by atoms with Crippen LogP contribution in [0.15, 0.2) is 0 Å². The Bertz CT molecular complexity index is 342. The summed E-state index contributed by atoms with van der Waals surface area (Å²) in [5.41, 5.74) is 7.84. The highest BCUT2D eigenvalue weighted by atomic mass is 14.7. The minimum absolute atomic E-state index is 0.378. The van der Waals surface area contributed by atoms with Crippen LogP contribution < -0.4 is 5.73 Å². The molecule has 0 aromatic heterocycles. The zero-order valence-electron chi connectivity index (χ0n) is 14.8. The van der Waals surface area contributed by atoms with Crippen LogP contribution in [0.4, 0.5) is 0 Å². The van der Waals surface area contributed by atoms with Crippen LogP contribution in [0, 0.1) is 28.1 Å². The molecule has 2 aliphatic rings. The maximum absolute atomic E-state index is 6.44. The van der Waals surface area contributed by atoms with E-state index >= 15 is 0 Å². The first kappa shape index (κ1) is 16.3. The van der Waals surface area contributed by atoms with Crippen molar-refractivity contribution in [2.45, 2.75) is 92.5 Å². The topological polar surface area (TPSA) is 26.0 Å². The van der Waals surface area contributed by atoms with E-state index in [1.807, 2.05) is 0 Å². The summed E-state index contributed by atoms with van der Waals surface area (Å²) in [5, 5.41) is 0. The highest BCUT2D eigenvalue weighted by Gasteiger charge is 2.63. The van der Waals surface area contributed by atoms with Crippen molar-refractivity contribution in [2.75, 3.05) is 0 Å². The van der Waals surface area contributed by atoms with Crippen molar-refractivity contribution in [2.24, 2.45) is 33.8 Å². The third kappa shape index (κ3) is 2.16. The van der Waals surface area contributed by atoms with Gasteiger partial charge in [0.25, 0.3) is 0 Å². The van der Waals surface area contributed by atoms with E-state index < -0.39 is 0 Å². The Morgan fingerprint density at radius 3 is 2.35 bits per heavy atom. The molecule has 0 aromatic carbocycles. The van der Waals surface area contributed by atoms with Gasteiger partial charge in [-0.25, -0.2) is 0 Å². The summed E-state index contributed by atoms with van der Waals surface area (Å²) in [6.45, 7) is 14.8. The molecule has 2 aliphatic carbocycles. The Hall–Kier alpha value is -0.0400. The molecule has 5 atom stereocenters. The van der Waals surface area contributed by atoms with Crippen molar-refractivity contribution < 1.29 is 0 Å². The van der Waals surface area contributed by atoms with E-state index in [0.29, 0.717) is 22.3 Å². The van der Waals surface area contributed by atoms with Crippen molar-refractivity contribution >= 4 is 0 Å². The maximum atomic E-state index is 6.44.